The third-order valence-electron chi connectivity index (χ3n) is 17.8. The first kappa shape index (κ1) is 64.4. The number of hydrogen-bond acceptors (Lipinski definition) is 20. The van der Waals surface area contributed by atoms with Crippen LogP contribution in [0.15, 0.2) is 48.9 Å². The molecule has 1 fully saturated rings. The van der Waals surface area contributed by atoms with Crippen molar-refractivity contribution in [2.75, 3.05) is 55.8 Å². The molecule has 1 unspecified atom stereocenters. The first-order valence-electron chi connectivity index (χ1n) is 27.3. The van der Waals surface area contributed by atoms with Crippen LogP contribution in [0.1, 0.15) is 147 Å². The fourth-order valence-electron chi connectivity index (χ4n) is 13.2. The normalized spacial score (nSPS) is 31.2. The molecule has 5 aliphatic rings. The lowest BCUT2D eigenvalue weighted by Crippen LogP contribution is -2.55. The number of carbonyl (C=O) groups excluding carboxylic acids is 8. The van der Waals surface area contributed by atoms with Crippen molar-refractivity contribution >= 4 is 65.0 Å². The fourth-order valence-corrected chi connectivity index (χ4v) is 13.2. The summed E-state index contributed by atoms with van der Waals surface area (Å²) in [5, 5.41) is 19.2. The number of carbonyl (C=O) groups is 8. The maximum absolute atomic E-state index is 14.6. The zero-order valence-corrected chi connectivity index (χ0v) is 50.0. The van der Waals surface area contributed by atoms with Gasteiger partial charge in [0.05, 0.1) is 91.5 Å². The van der Waals surface area contributed by atoms with E-state index in [1.54, 1.807) is 20.8 Å². The molecule has 8 bridgehead atoms. The number of nitrogens with one attached hydrogen (secondary N) is 3. The largest absolute Gasteiger partial charge is 0.469 e. The molecule has 9 atom stereocenters. The van der Waals surface area contributed by atoms with Crippen molar-refractivity contribution in [1.82, 2.24) is 16.0 Å². The third-order valence-corrected chi connectivity index (χ3v) is 17.8. The molecule has 5 aliphatic heterocycles. The van der Waals surface area contributed by atoms with Crippen molar-refractivity contribution < 1.29 is 76.6 Å². The van der Waals surface area contributed by atoms with Crippen LogP contribution in [0.3, 0.4) is 0 Å². The minimum atomic E-state index is -1.48. The van der Waals surface area contributed by atoms with Gasteiger partial charge in [-0.2, -0.15) is 0 Å². The van der Waals surface area contributed by atoms with E-state index in [0.29, 0.717) is 45.4 Å². The van der Waals surface area contributed by atoms with Gasteiger partial charge in [0.25, 0.3) is 0 Å². The Hall–Kier alpha value is -6.45. The van der Waals surface area contributed by atoms with Gasteiger partial charge < -0.3 is 48.9 Å². The number of esters is 6. The molecule has 0 aromatic rings. The number of amides is 2. The van der Waals surface area contributed by atoms with Crippen molar-refractivity contribution in [2.45, 2.75) is 164 Å². The van der Waals surface area contributed by atoms with Crippen LogP contribution in [0.2, 0.25) is 0 Å². The second-order valence-corrected chi connectivity index (χ2v) is 24.0. The highest BCUT2D eigenvalue weighted by Crippen LogP contribution is 2.63. The van der Waals surface area contributed by atoms with E-state index in [4.69, 9.17) is 48.1 Å². The number of aliphatic hydroxyl groups is 1. The van der Waals surface area contributed by atoms with Crippen LogP contribution in [0.5, 0.6) is 0 Å². The van der Waals surface area contributed by atoms with Gasteiger partial charge in [0.1, 0.15) is 5.60 Å². The highest BCUT2D eigenvalue weighted by Gasteiger charge is 2.67. The van der Waals surface area contributed by atoms with Crippen LogP contribution in [0.4, 0.5) is 4.79 Å². The molecule has 0 aromatic heterocycles. The van der Waals surface area contributed by atoms with Crippen LogP contribution in [-0.2, 0) is 66.7 Å². The zero-order chi connectivity index (χ0) is 60.1. The molecule has 22 heteroatoms. The molecule has 5 heterocycles. The van der Waals surface area contributed by atoms with Crippen LogP contribution < -0.4 is 16.0 Å². The van der Waals surface area contributed by atoms with E-state index in [-0.39, 0.29) is 89.5 Å². The Bertz CT molecular complexity index is 2680. The van der Waals surface area contributed by atoms with Crippen LogP contribution in [0.25, 0.3) is 0 Å². The minimum Gasteiger partial charge on any atom is -0.469 e. The lowest BCUT2D eigenvalue weighted by atomic mass is 9.55. The average Bonchev–Trinajstić information content (AvgIpc) is 4.21. The lowest BCUT2D eigenvalue weighted by Gasteiger charge is -2.48. The summed E-state index contributed by atoms with van der Waals surface area (Å²) in [6, 6.07) is -0.988. The molecule has 0 spiro atoms. The van der Waals surface area contributed by atoms with E-state index in [2.05, 4.69) is 16.0 Å². The molecule has 444 valence electrons. The van der Waals surface area contributed by atoms with Crippen LogP contribution in [-0.4, -0.2) is 143 Å². The summed E-state index contributed by atoms with van der Waals surface area (Å²) < 4.78 is 37.9. The van der Waals surface area contributed by atoms with Gasteiger partial charge in [-0.3, -0.25) is 53.9 Å². The topological polar surface area (TPSA) is 295 Å². The zero-order valence-electron chi connectivity index (χ0n) is 50.0. The number of methoxy groups -OCH3 is 6. The number of nitrogens with zero attached hydrogens (tertiary/aromatic N) is 3. The highest BCUT2D eigenvalue weighted by molar-refractivity contribution is 6.12. The summed E-state index contributed by atoms with van der Waals surface area (Å²) >= 11 is 0. The van der Waals surface area contributed by atoms with E-state index in [9.17, 15) is 43.5 Å². The van der Waals surface area contributed by atoms with Gasteiger partial charge in [-0.15, -0.1) is 0 Å². The van der Waals surface area contributed by atoms with Crippen LogP contribution in [0, 0.1) is 45.3 Å². The first-order chi connectivity index (χ1) is 37.3. The van der Waals surface area contributed by atoms with Crippen molar-refractivity contribution in [3.63, 3.8) is 0 Å². The average molecular weight is 1120 g/mol. The molecule has 22 nitrogen and oxygen atoms in total. The van der Waals surface area contributed by atoms with E-state index in [1.165, 1.54) is 42.7 Å². The van der Waals surface area contributed by atoms with E-state index >= 15 is 0 Å². The molecule has 1 saturated heterocycles. The number of ether oxygens (including phenoxy) is 7. The van der Waals surface area contributed by atoms with E-state index in [1.807, 2.05) is 55.4 Å². The number of aliphatic hydroxyl groups excluding tert-OH is 1. The predicted molar refractivity (Wildman–Crippen MR) is 294 cm³/mol. The number of aliphatic imine (C=N–C) groups is 3. The SMILES string of the molecule is COC(=O)CC[C@@H]1/C2=C(\C)C3=NC([C@H](CC(=O)OC)[C@@]3(C)CCC(=O)OC)[C@]3(C)N=C(/C(C)=C4\N/C(=C(/NC(=O)OC(C)(C)C)C(=N2)C1(C)C)[C@@H](CCC(=O)NCCO)[C@]4(C)CC(=O)OC)[C@@H](CCC(=O)OC)[C@]3(C)CC(=O)OC. The standard InChI is InChI=1S/C58H86N6O16/c1-31-44-33(19-22-38(67)74-12)54(6,7)51(60-44)47(62-52(73)80-53(3,4)5)46-34(18-21-37(66)59-26-27-65)56(9,29-42(71)78-16)49(61-46)32(2)45-35(20-23-39(68)75-13)57(10,30-43(72)79-17)58(11,64-45)50-36(28-41(70)77-15)55(8,48(31)63-50)25-24-40(69)76-14/h33-36,50,61,65H,18-30H2,1-17H3,(H,59,66)(H,62,73)/b44-31-,47-46+,49-32-/t33-,34-,35-,36+,50?,55-,56+,57+,58+/m1/s1. The molecule has 0 aromatic carbocycles. The Morgan fingerprint density at radius 2 is 1.19 bits per heavy atom. The number of alkyl carbamates (subject to hydrolysis) is 1. The van der Waals surface area contributed by atoms with E-state index in [0.717, 1.165) is 0 Å². The van der Waals surface area contributed by atoms with Crippen molar-refractivity contribution in [1.29, 1.82) is 0 Å². The Labute approximate surface area is 470 Å². The van der Waals surface area contributed by atoms with Gasteiger partial charge in [0, 0.05) is 106 Å². The maximum atomic E-state index is 14.6. The number of allylic oxidation sites excluding steroid dienone is 6. The van der Waals surface area contributed by atoms with Gasteiger partial charge in [0.2, 0.25) is 5.91 Å². The van der Waals surface area contributed by atoms with Crippen molar-refractivity contribution in [2.24, 2.45) is 60.3 Å². The third kappa shape index (κ3) is 12.7. The van der Waals surface area contributed by atoms with Crippen molar-refractivity contribution in [3.05, 3.63) is 33.9 Å². The lowest BCUT2D eigenvalue weighted by molar-refractivity contribution is -0.147. The molecule has 0 radical (unpaired) electrons. The molecule has 0 aliphatic carbocycles. The summed E-state index contributed by atoms with van der Waals surface area (Å²) in [4.78, 5) is 128. The number of hydrogen-bond donors (Lipinski definition) is 4. The summed E-state index contributed by atoms with van der Waals surface area (Å²) in [7, 11) is 7.68. The summed E-state index contributed by atoms with van der Waals surface area (Å²) in [5.41, 5.74) is -3.74. The second-order valence-electron chi connectivity index (χ2n) is 24.0. The van der Waals surface area contributed by atoms with Gasteiger partial charge in [-0.25, -0.2) is 4.79 Å². The van der Waals surface area contributed by atoms with Crippen LogP contribution >= 0.6 is 0 Å². The Kier molecular flexibility index (Phi) is 20.2. The molecule has 2 amide bonds. The molecular formula is C58H86N6O16. The van der Waals surface area contributed by atoms with E-state index < -0.39 is 110 Å². The predicted octanol–water partition coefficient (Wildman–Crippen LogP) is 6.33. The fraction of sp³-hybridized carbons (Fsp3) is 0.707. The highest BCUT2D eigenvalue weighted by atomic mass is 16.6. The summed E-state index contributed by atoms with van der Waals surface area (Å²) in [6.45, 7) is 19.9. The van der Waals surface area contributed by atoms with Gasteiger partial charge in [-0.05, 0) is 78.4 Å². The molecular weight excluding hydrogens is 1040 g/mol. The van der Waals surface area contributed by atoms with Gasteiger partial charge in [0.15, 0.2) is 0 Å². The second kappa shape index (κ2) is 25.1. The van der Waals surface area contributed by atoms with Gasteiger partial charge >= 0.3 is 41.9 Å². The molecule has 0 saturated carbocycles. The molecule has 80 heavy (non-hydrogen) atoms. The summed E-state index contributed by atoms with van der Waals surface area (Å²) in [6.07, 6.45) is -1.66. The Morgan fingerprint density at radius 3 is 1.74 bits per heavy atom. The van der Waals surface area contributed by atoms with Gasteiger partial charge in [-0.1, -0.05) is 34.6 Å². The Balaban J connectivity index is 2.16. The van der Waals surface area contributed by atoms with Crippen molar-refractivity contribution in [3.8, 4) is 0 Å². The minimum absolute atomic E-state index is 0.0175. The maximum Gasteiger partial charge on any atom is 0.412 e. The summed E-state index contributed by atoms with van der Waals surface area (Å²) in [5.74, 6) is -6.82. The first-order valence-corrected chi connectivity index (χ1v) is 27.3. The quantitative estimate of drug-likeness (QED) is 0.0721. The smallest absolute Gasteiger partial charge is 0.412 e. The monoisotopic (exact) mass is 1120 g/mol. The molecule has 4 N–H and O–H groups in total. The number of rotatable bonds is 21. The Morgan fingerprint density at radius 1 is 0.650 bits per heavy atom. The molecule has 5 rings (SSSR count). The number of fused-ring (bicyclic) bond motifs is 6.